The Morgan fingerprint density at radius 1 is 1.31 bits per heavy atom. The van der Waals surface area contributed by atoms with E-state index in [-0.39, 0.29) is 0 Å². The molecule has 0 atom stereocenters. The first-order valence-electron chi connectivity index (χ1n) is 6.26. The van der Waals surface area contributed by atoms with Gasteiger partial charge in [-0.25, -0.2) is 0 Å². The smallest absolute Gasteiger partial charge is 0.0300 e. The van der Waals surface area contributed by atoms with Gasteiger partial charge in [-0.2, -0.15) is 0 Å². The van der Waals surface area contributed by atoms with Crippen LogP contribution in [0.3, 0.4) is 0 Å². The molecule has 3 heteroatoms. The van der Waals surface area contributed by atoms with Crippen LogP contribution in [0, 0.1) is 17.8 Å². The van der Waals surface area contributed by atoms with Crippen LogP contribution in [0.25, 0.3) is 0 Å². The summed E-state index contributed by atoms with van der Waals surface area (Å²) < 4.78 is 1.22. The van der Waals surface area contributed by atoms with Crippen LogP contribution >= 0.6 is 27.3 Å². The second-order valence-corrected chi connectivity index (χ2v) is 7.11. The van der Waals surface area contributed by atoms with Crippen LogP contribution in [0.2, 0.25) is 0 Å². The molecule has 0 radical (unpaired) electrons. The lowest BCUT2D eigenvalue weighted by atomic mass is 9.98. The summed E-state index contributed by atoms with van der Waals surface area (Å²) in [4.78, 5) is 1.44. The van der Waals surface area contributed by atoms with E-state index in [1.165, 1.54) is 41.6 Å². The monoisotopic (exact) mass is 299 g/mol. The Morgan fingerprint density at radius 3 is 2.50 bits per heavy atom. The minimum absolute atomic E-state index is 0.989. The number of nitrogens with one attached hydrogen (secondary N) is 1. The van der Waals surface area contributed by atoms with Crippen molar-refractivity contribution in [2.24, 2.45) is 17.8 Å². The molecular weight excluding hydrogens is 282 g/mol. The molecule has 0 amide bonds. The molecule has 1 nitrogen and oxygen atoms in total. The molecular formula is C13H18BrNS. The summed E-state index contributed by atoms with van der Waals surface area (Å²) >= 11 is 5.34. The van der Waals surface area contributed by atoms with E-state index < -0.39 is 0 Å². The Balaban J connectivity index is 1.44. The molecule has 0 unspecified atom stereocenters. The SMILES string of the molecule is Brc1csc(CNCC(C2CC2)C2CC2)c1. The van der Waals surface area contributed by atoms with Crippen molar-refractivity contribution in [2.45, 2.75) is 32.2 Å². The molecule has 3 rings (SSSR count). The molecule has 0 aliphatic heterocycles. The quantitative estimate of drug-likeness (QED) is 0.836. The molecule has 16 heavy (non-hydrogen) atoms. The maximum atomic E-state index is 3.65. The molecule has 2 saturated carbocycles. The minimum Gasteiger partial charge on any atom is -0.312 e. The van der Waals surface area contributed by atoms with Gasteiger partial charge >= 0.3 is 0 Å². The van der Waals surface area contributed by atoms with Crippen LogP contribution < -0.4 is 5.32 Å². The normalized spacial score (nSPS) is 20.6. The van der Waals surface area contributed by atoms with Gasteiger partial charge in [-0.1, -0.05) is 0 Å². The molecule has 1 N–H and O–H groups in total. The van der Waals surface area contributed by atoms with E-state index in [4.69, 9.17) is 0 Å². The van der Waals surface area contributed by atoms with Crippen molar-refractivity contribution in [3.8, 4) is 0 Å². The van der Waals surface area contributed by atoms with E-state index in [1.807, 2.05) is 11.3 Å². The van der Waals surface area contributed by atoms with Gasteiger partial charge in [-0.15, -0.1) is 11.3 Å². The van der Waals surface area contributed by atoms with E-state index in [9.17, 15) is 0 Å². The van der Waals surface area contributed by atoms with Gasteiger partial charge in [0.05, 0.1) is 0 Å². The summed E-state index contributed by atoms with van der Waals surface area (Å²) in [6, 6.07) is 2.22. The van der Waals surface area contributed by atoms with Gasteiger partial charge in [0.2, 0.25) is 0 Å². The average Bonchev–Trinajstić information content (AvgIpc) is 3.15. The standard InChI is InChI=1S/C13H18BrNS/c14-11-5-12(16-8-11)6-15-7-13(9-1-2-9)10-3-4-10/h5,8-10,13,15H,1-4,6-7H2. The van der Waals surface area contributed by atoms with E-state index in [1.54, 1.807) is 0 Å². The van der Waals surface area contributed by atoms with E-state index in [0.717, 1.165) is 24.3 Å². The molecule has 0 saturated heterocycles. The van der Waals surface area contributed by atoms with Crippen LogP contribution in [0.1, 0.15) is 30.6 Å². The van der Waals surface area contributed by atoms with Gasteiger partial charge in [-0.05, 0) is 72.0 Å². The minimum atomic E-state index is 0.989. The number of hydrogen-bond donors (Lipinski definition) is 1. The summed E-state index contributed by atoms with van der Waals surface area (Å²) in [6.07, 6.45) is 5.97. The van der Waals surface area contributed by atoms with Crippen molar-refractivity contribution in [3.63, 3.8) is 0 Å². The Hall–Kier alpha value is 0.140. The van der Waals surface area contributed by atoms with Gasteiger partial charge in [0.25, 0.3) is 0 Å². The maximum Gasteiger partial charge on any atom is 0.0300 e. The zero-order valence-corrected chi connectivity index (χ0v) is 11.8. The van der Waals surface area contributed by atoms with Crippen molar-refractivity contribution in [2.75, 3.05) is 6.54 Å². The molecule has 0 spiro atoms. The third kappa shape index (κ3) is 2.88. The Kier molecular flexibility index (Phi) is 3.37. The first kappa shape index (κ1) is 11.2. The topological polar surface area (TPSA) is 12.0 Å². The summed E-state index contributed by atoms with van der Waals surface area (Å²) in [6.45, 7) is 2.29. The predicted octanol–water partition coefficient (Wildman–Crippen LogP) is 4.04. The predicted molar refractivity (Wildman–Crippen MR) is 72.7 cm³/mol. The fraction of sp³-hybridized carbons (Fsp3) is 0.692. The fourth-order valence-electron chi connectivity index (χ4n) is 2.58. The lowest BCUT2D eigenvalue weighted by molar-refractivity contribution is 0.379. The van der Waals surface area contributed by atoms with Crippen molar-refractivity contribution < 1.29 is 0 Å². The van der Waals surface area contributed by atoms with Gasteiger partial charge < -0.3 is 5.32 Å². The molecule has 1 aromatic heterocycles. The number of halogens is 1. The van der Waals surface area contributed by atoms with Gasteiger partial charge in [0.15, 0.2) is 0 Å². The second kappa shape index (κ2) is 4.79. The van der Waals surface area contributed by atoms with Crippen molar-refractivity contribution >= 4 is 27.3 Å². The molecule has 2 aliphatic carbocycles. The van der Waals surface area contributed by atoms with E-state index in [2.05, 4.69) is 32.7 Å². The summed E-state index contributed by atoms with van der Waals surface area (Å²) in [7, 11) is 0. The van der Waals surface area contributed by atoms with Gasteiger partial charge in [-0.3, -0.25) is 0 Å². The highest BCUT2D eigenvalue weighted by Crippen LogP contribution is 2.48. The van der Waals surface area contributed by atoms with Crippen LogP contribution in [0.4, 0.5) is 0 Å². The highest BCUT2D eigenvalue weighted by molar-refractivity contribution is 9.10. The average molecular weight is 300 g/mol. The lowest BCUT2D eigenvalue weighted by Crippen LogP contribution is -2.24. The number of rotatable bonds is 6. The Labute approximate surface area is 110 Å². The number of thiophene rings is 1. The van der Waals surface area contributed by atoms with Crippen LogP contribution in [0.15, 0.2) is 15.9 Å². The third-order valence-electron chi connectivity index (χ3n) is 3.76. The summed E-state index contributed by atoms with van der Waals surface area (Å²) in [5.41, 5.74) is 0. The highest BCUT2D eigenvalue weighted by atomic mass is 79.9. The molecule has 0 aromatic carbocycles. The van der Waals surface area contributed by atoms with Gasteiger partial charge in [0.1, 0.15) is 0 Å². The fourth-order valence-corrected chi connectivity index (χ4v) is 4.00. The van der Waals surface area contributed by atoms with Crippen LogP contribution in [-0.2, 0) is 6.54 Å². The van der Waals surface area contributed by atoms with E-state index >= 15 is 0 Å². The maximum absolute atomic E-state index is 3.65. The first-order valence-corrected chi connectivity index (χ1v) is 7.94. The van der Waals surface area contributed by atoms with Crippen LogP contribution in [-0.4, -0.2) is 6.54 Å². The third-order valence-corrected chi connectivity index (χ3v) is 5.45. The summed E-state index contributed by atoms with van der Waals surface area (Å²) in [5.74, 6) is 3.12. The molecule has 88 valence electrons. The van der Waals surface area contributed by atoms with Crippen LogP contribution in [0.5, 0.6) is 0 Å². The van der Waals surface area contributed by atoms with Crippen molar-refractivity contribution in [1.82, 2.24) is 5.32 Å². The van der Waals surface area contributed by atoms with Gasteiger partial charge in [0, 0.05) is 21.3 Å². The Morgan fingerprint density at radius 2 is 2.00 bits per heavy atom. The summed E-state index contributed by atoms with van der Waals surface area (Å²) in [5, 5.41) is 5.81. The molecule has 0 bridgehead atoms. The molecule has 2 aliphatic rings. The van der Waals surface area contributed by atoms with Crippen molar-refractivity contribution in [3.05, 3.63) is 20.8 Å². The molecule has 2 fully saturated rings. The largest absolute Gasteiger partial charge is 0.312 e. The van der Waals surface area contributed by atoms with Crippen molar-refractivity contribution in [1.29, 1.82) is 0 Å². The number of hydrogen-bond acceptors (Lipinski definition) is 2. The zero-order valence-electron chi connectivity index (χ0n) is 9.42. The molecule has 1 aromatic rings. The lowest BCUT2D eigenvalue weighted by Gasteiger charge is -2.15. The molecule has 1 heterocycles. The second-order valence-electron chi connectivity index (χ2n) is 5.20. The zero-order chi connectivity index (χ0) is 11.0. The first-order chi connectivity index (χ1) is 7.83. The Bertz CT molecular complexity index is 343. The highest BCUT2D eigenvalue weighted by Gasteiger charge is 2.40. The van der Waals surface area contributed by atoms with E-state index in [0.29, 0.717) is 0 Å².